The van der Waals surface area contributed by atoms with Crippen molar-refractivity contribution >= 4 is 17.7 Å². The standard InChI is InChI=1S/C19H28ClN3O2/c1-2-25-19(24)23-11-4-5-16(9-14-23)22-12-7-15(8-13-22)17-6-3-10-21-18(17)20/h3,6,10,15-16H,2,4-5,7-9,11-14H2,1H3. The smallest absolute Gasteiger partial charge is 0.409 e. The second-order valence-corrected chi connectivity index (χ2v) is 7.32. The van der Waals surface area contributed by atoms with Crippen molar-refractivity contribution < 1.29 is 9.53 Å². The first-order valence-electron chi connectivity index (χ1n) is 9.45. The molecular formula is C19H28ClN3O2. The zero-order chi connectivity index (χ0) is 17.6. The van der Waals surface area contributed by atoms with Gasteiger partial charge in [0.25, 0.3) is 0 Å². The SMILES string of the molecule is CCOC(=O)N1CCCC(N2CCC(c3cccnc3Cl)CC2)CC1. The van der Waals surface area contributed by atoms with E-state index in [9.17, 15) is 4.79 Å². The van der Waals surface area contributed by atoms with Gasteiger partial charge in [-0.1, -0.05) is 17.7 Å². The van der Waals surface area contributed by atoms with Crippen LogP contribution in [0.3, 0.4) is 0 Å². The van der Waals surface area contributed by atoms with E-state index in [0.29, 0.717) is 23.7 Å². The number of carbonyl (C=O) groups excluding carboxylic acids is 1. The zero-order valence-electron chi connectivity index (χ0n) is 15.0. The van der Waals surface area contributed by atoms with Crippen molar-refractivity contribution in [3.63, 3.8) is 0 Å². The third kappa shape index (κ3) is 4.64. The monoisotopic (exact) mass is 365 g/mol. The number of nitrogens with zero attached hydrogens (tertiary/aromatic N) is 3. The largest absolute Gasteiger partial charge is 0.450 e. The maximum Gasteiger partial charge on any atom is 0.409 e. The number of likely N-dealkylation sites (tertiary alicyclic amines) is 2. The molecule has 0 radical (unpaired) electrons. The van der Waals surface area contributed by atoms with E-state index in [1.165, 1.54) is 5.56 Å². The molecule has 25 heavy (non-hydrogen) atoms. The molecular weight excluding hydrogens is 338 g/mol. The fourth-order valence-corrected chi connectivity index (χ4v) is 4.39. The number of amides is 1. The van der Waals surface area contributed by atoms with Gasteiger partial charge < -0.3 is 14.5 Å². The summed E-state index contributed by atoms with van der Waals surface area (Å²) in [7, 11) is 0. The van der Waals surface area contributed by atoms with Crippen LogP contribution in [0, 0.1) is 0 Å². The Morgan fingerprint density at radius 2 is 2.04 bits per heavy atom. The van der Waals surface area contributed by atoms with Crippen LogP contribution in [0.25, 0.3) is 0 Å². The van der Waals surface area contributed by atoms with Crippen LogP contribution in [0.1, 0.15) is 50.5 Å². The summed E-state index contributed by atoms with van der Waals surface area (Å²) in [5, 5.41) is 0.653. The van der Waals surface area contributed by atoms with Crippen molar-refractivity contribution in [2.75, 3.05) is 32.8 Å². The van der Waals surface area contributed by atoms with Crippen molar-refractivity contribution in [1.29, 1.82) is 0 Å². The summed E-state index contributed by atoms with van der Waals surface area (Å²) in [6.45, 7) is 6.12. The molecule has 0 spiro atoms. The van der Waals surface area contributed by atoms with Gasteiger partial charge in [-0.15, -0.1) is 0 Å². The molecule has 0 bridgehead atoms. The van der Waals surface area contributed by atoms with Crippen LogP contribution in [-0.2, 0) is 4.74 Å². The minimum Gasteiger partial charge on any atom is -0.450 e. The fraction of sp³-hybridized carbons (Fsp3) is 0.684. The molecule has 2 saturated heterocycles. The van der Waals surface area contributed by atoms with Crippen LogP contribution in [0.5, 0.6) is 0 Å². The molecule has 3 heterocycles. The Bertz CT molecular complexity index is 576. The lowest BCUT2D eigenvalue weighted by Gasteiger charge is -2.37. The van der Waals surface area contributed by atoms with Gasteiger partial charge in [0, 0.05) is 25.3 Å². The van der Waals surface area contributed by atoms with Crippen LogP contribution in [0.15, 0.2) is 18.3 Å². The summed E-state index contributed by atoms with van der Waals surface area (Å²) in [5.41, 5.74) is 1.19. The molecule has 0 aromatic carbocycles. The second-order valence-electron chi connectivity index (χ2n) is 6.96. The number of aromatic nitrogens is 1. The van der Waals surface area contributed by atoms with Gasteiger partial charge in [-0.2, -0.15) is 0 Å². The van der Waals surface area contributed by atoms with E-state index in [-0.39, 0.29) is 6.09 Å². The maximum atomic E-state index is 11.9. The molecule has 0 aliphatic carbocycles. The van der Waals surface area contributed by atoms with Gasteiger partial charge in [-0.25, -0.2) is 9.78 Å². The van der Waals surface area contributed by atoms with E-state index in [1.807, 2.05) is 17.9 Å². The number of hydrogen-bond acceptors (Lipinski definition) is 4. The van der Waals surface area contributed by atoms with Gasteiger partial charge in [0.05, 0.1) is 6.61 Å². The average Bonchev–Trinajstić information content (AvgIpc) is 2.89. The van der Waals surface area contributed by atoms with E-state index < -0.39 is 0 Å². The quantitative estimate of drug-likeness (QED) is 0.761. The molecule has 0 saturated carbocycles. The molecule has 1 aromatic rings. The molecule has 1 atom stereocenters. The first-order chi connectivity index (χ1) is 12.2. The Morgan fingerprint density at radius 3 is 2.76 bits per heavy atom. The highest BCUT2D eigenvalue weighted by atomic mass is 35.5. The summed E-state index contributed by atoms with van der Waals surface area (Å²) >= 11 is 6.26. The van der Waals surface area contributed by atoms with E-state index in [2.05, 4.69) is 16.0 Å². The molecule has 1 amide bonds. The lowest BCUT2D eigenvalue weighted by molar-refractivity contribution is 0.105. The van der Waals surface area contributed by atoms with Gasteiger partial charge >= 0.3 is 6.09 Å². The summed E-state index contributed by atoms with van der Waals surface area (Å²) in [5.74, 6) is 0.513. The minimum absolute atomic E-state index is 0.159. The average molecular weight is 366 g/mol. The summed E-state index contributed by atoms with van der Waals surface area (Å²) in [6, 6.07) is 4.66. The number of halogens is 1. The second kappa shape index (κ2) is 8.86. The van der Waals surface area contributed by atoms with Crippen LogP contribution in [-0.4, -0.2) is 59.7 Å². The Labute approximate surface area is 155 Å². The van der Waals surface area contributed by atoms with Gasteiger partial charge in [-0.05, 0) is 69.7 Å². The predicted molar refractivity (Wildman–Crippen MR) is 99.0 cm³/mol. The van der Waals surface area contributed by atoms with E-state index in [1.54, 1.807) is 6.20 Å². The third-order valence-corrected chi connectivity index (χ3v) is 5.81. The van der Waals surface area contributed by atoms with Gasteiger partial charge in [-0.3, -0.25) is 0 Å². The number of ether oxygens (including phenoxy) is 1. The molecule has 0 N–H and O–H groups in total. The lowest BCUT2D eigenvalue weighted by atomic mass is 9.89. The number of rotatable bonds is 3. The van der Waals surface area contributed by atoms with Crippen molar-refractivity contribution in [2.45, 2.75) is 51.0 Å². The van der Waals surface area contributed by atoms with Gasteiger partial charge in [0.2, 0.25) is 0 Å². The number of hydrogen-bond donors (Lipinski definition) is 0. The first-order valence-corrected chi connectivity index (χ1v) is 9.83. The van der Waals surface area contributed by atoms with Crippen LogP contribution < -0.4 is 0 Å². The molecule has 2 aliphatic heterocycles. The minimum atomic E-state index is -0.159. The highest BCUT2D eigenvalue weighted by Gasteiger charge is 2.29. The third-order valence-electron chi connectivity index (χ3n) is 5.50. The topological polar surface area (TPSA) is 45.7 Å². The van der Waals surface area contributed by atoms with Crippen molar-refractivity contribution in [2.24, 2.45) is 0 Å². The highest BCUT2D eigenvalue weighted by Crippen LogP contribution is 2.33. The molecule has 2 aliphatic rings. The van der Waals surface area contributed by atoms with Gasteiger partial charge in [0.1, 0.15) is 5.15 Å². The predicted octanol–water partition coefficient (Wildman–Crippen LogP) is 3.93. The molecule has 1 aromatic heterocycles. The Hall–Kier alpha value is -1.33. The molecule has 1 unspecified atom stereocenters. The molecule has 2 fully saturated rings. The maximum absolute atomic E-state index is 11.9. The van der Waals surface area contributed by atoms with E-state index in [0.717, 1.165) is 58.3 Å². The number of carbonyl (C=O) groups is 1. The first kappa shape index (κ1) is 18.5. The summed E-state index contributed by atoms with van der Waals surface area (Å²) in [4.78, 5) is 20.6. The Morgan fingerprint density at radius 1 is 1.24 bits per heavy atom. The van der Waals surface area contributed by atoms with Crippen molar-refractivity contribution in [3.8, 4) is 0 Å². The Balaban J connectivity index is 1.51. The highest BCUT2D eigenvalue weighted by molar-refractivity contribution is 6.30. The Kier molecular flexibility index (Phi) is 6.54. The summed E-state index contributed by atoms with van der Waals surface area (Å²) < 4.78 is 5.15. The lowest BCUT2D eigenvalue weighted by Crippen LogP contribution is -2.41. The molecule has 6 heteroatoms. The fourth-order valence-electron chi connectivity index (χ4n) is 4.12. The summed E-state index contributed by atoms with van der Waals surface area (Å²) in [6.07, 6.45) is 7.10. The normalized spacial score (nSPS) is 23.3. The van der Waals surface area contributed by atoms with Crippen LogP contribution >= 0.6 is 11.6 Å². The molecule has 138 valence electrons. The van der Waals surface area contributed by atoms with Crippen LogP contribution in [0.2, 0.25) is 5.15 Å². The van der Waals surface area contributed by atoms with E-state index in [4.69, 9.17) is 16.3 Å². The van der Waals surface area contributed by atoms with Crippen molar-refractivity contribution in [1.82, 2.24) is 14.8 Å². The zero-order valence-corrected chi connectivity index (χ0v) is 15.7. The van der Waals surface area contributed by atoms with E-state index >= 15 is 0 Å². The number of pyridine rings is 1. The van der Waals surface area contributed by atoms with Crippen LogP contribution in [0.4, 0.5) is 4.79 Å². The molecule has 5 nitrogen and oxygen atoms in total. The van der Waals surface area contributed by atoms with Gasteiger partial charge in [0.15, 0.2) is 0 Å². The molecule has 3 rings (SSSR count). The van der Waals surface area contributed by atoms with Crippen molar-refractivity contribution in [3.05, 3.63) is 29.0 Å². The number of piperidine rings is 1.